The number of amides is 1. The first-order valence-corrected chi connectivity index (χ1v) is 18.4. The monoisotopic (exact) mass is 693 g/mol. The number of alkyl halides is 2. The smallest absolute Gasteiger partial charge is 0.298 e. The average molecular weight is 694 g/mol. The predicted octanol–water partition coefficient (Wildman–Crippen LogP) is 7.12. The molecule has 48 heavy (non-hydrogen) atoms. The first-order chi connectivity index (χ1) is 23.0. The minimum Gasteiger partial charge on any atom is -0.490 e. The third-order valence-electron chi connectivity index (χ3n) is 10.2. The zero-order chi connectivity index (χ0) is 33.6. The Morgan fingerprint density at radius 3 is 2.08 bits per heavy atom. The molecular weight excluding hydrogens is 656 g/mol. The summed E-state index contributed by atoms with van der Waals surface area (Å²) in [6.45, 7) is 0.420. The van der Waals surface area contributed by atoms with Crippen molar-refractivity contribution in [3.05, 3.63) is 95.5 Å². The van der Waals surface area contributed by atoms with E-state index < -0.39 is 33.5 Å². The van der Waals surface area contributed by atoms with Crippen LogP contribution in [0.25, 0.3) is 21.9 Å². The molecule has 0 spiro atoms. The molecule has 1 saturated heterocycles. The van der Waals surface area contributed by atoms with Gasteiger partial charge in [-0.15, -0.1) is 0 Å². The van der Waals surface area contributed by atoms with E-state index in [2.05, 4.69) is 4.72 Å². The Kier molecular flexibility index (Phi) is 8.95. The van der Waals surface area contributed by atoms with Crippen LogP contribution in [0.3, 0.4) is 0 Å². The molecule has 1 amide bonds. The number of hydrogen-bond donors (Lipinski definition) is 2. The second kappa shape index (κ2) is 13.0. The summed E-state index contributed by atoms with van der Waals surface area (Å²) in [5.74, 6) is -4.18. The largest absolute Gasteiger partial charge is 0.490 e. The zero-order valence-electron chi connectivity index (χ0n) is 26.3. The third-order valence-corrected chi connectivity index (χ3v) is 11.9. The topological polar surface area (TPSA) is 102 Å². The maximum absolute atomic E-state index is 16.6. The number of likely N-dealkylation sites (tertiary alicyclic amines) is 1. The van der Waals surface area contributed by atoms with Crippen molar-refractivity contribution in [2.75, 3.05) is 13.1 Å². The molecule has 7 rings (SSSR count). The van der Waals surface area contributed by atoms with Gasteiger partial charge in [0.05, 0.1) is 11.0 Å². The van der Waals surface area contributed by atoms with Gasteiger partial charge in [0, 0.05) is 29.7 Å². The SMILES string of the molecule is N[C@H]1[C@@H]2CC[C@H]1CN(C(=O)[C@@H](NS(=O)(=O)c1ccc3cc(OC4CCCC4)ccc3c1)C(F)(F)c1ccc(-c3ccc(Cl)cc3)cc1)C2. The Morgan fingerprint density at radius 2 is 1.44 bits per heavy atom. The lowest BCUT2D eigenvalue weighted by atomic mass is 9.91. The Bertz CT molecular complexity index is 1900. The second-order valence-electron chi connectivity index (χ2n) is 13.4. The molecule has 11 heteroatoms. The number of carbonyl (C=O) groups is 1. The Morgan fingerprint density at radius 1 is 0.854 bits per heavy atom. The Balaban J connectivity index is 1.18. The fraction of sp³-hybridized carbons (Fsp3) is 0.378. The third kappa shape index (κ3) is 6.55. The first-order valence-electron chi connectivity index (χ1n) is 16.5. The Labute approximate surface area is 284 Å². The number of halogens is 3. The van der Waals surface area contributed by atoms with E-state index in [1.54, 1.807) is 42.5 Å². The molecule has 2 aliphatic carbocycles. The summed E-state index contributed by atoms with van der Waals surface area (Å²) in [6.07, 6.45) is 6.05. The number of rotatable bonds is 9. The highest BCUT2D eigenvalue weighted by atomic mass is 35.5. The van der Waals surface area contributed by atoms with Gasteiger partial charge in [-0.3, -0.25) is 4.79 Å². The maximum atomic E-state index is 16.6. The molecule has 0 aromatic heterocycles. The van der Waals surface area contributed by atoms with Gasteiger partial charge in [-0.05, 0) is 109 Å². The van der Waals surface area contributed by atoms with Crippen molar-refractivity contribution < 1.29 is 26.7 Å². The number of nitrogens with zero attached hydrogens (tertiary/aromatic N) is 1. The van der Waals surface area contributed by atoms with Crippen LogP contribution in [0.4, 0.5) is 8.78 Å². The molecule has 2 bridgehead atoms. The van der Waals surface area contributed by atoms with Gasteiger partial charge in [0.15, 0.2) is 6.04 Å². The fourth-order valence-electron chi connectivity index (χ4n) is 7.46. The van der Waals surface area contributed by atoms with Crippen molar-refractivity contribution in [1.82, 2.24) is 9.62 Å². The zero-order valence-corrected chi connectivity index (χ0v) is 27.9. The first kappa shape index (κ1) is 33.0. The van der Waals surface area contributed by atoms with Crippen LogP contribution in [0.2, 0.25) is 5.02 Å². The summed E-state index contributed by atoms with van der Waals surface area (Å²) in [4.78, 5) is 15.2. The minimum atomic E-state index is -4.58. The van der Waals surface area contributed by atoms with Crippen LogP contribution >= 0.6 is 11.6 Å². The van der Waals surface area contributed by atoms with Crippen LogP contribution in [0.1, 0.15) is 44.1 Å². The van der Waals surface area contributed by atoms with E-state index in [0.717, 1.165) is 49.5 Å². The van der Waals surface area contributed by atoms with Crippen LogP contribution in [-0.4, -0.2) is 50.5 Å². The molecular formula is C37H38ClF2N3O4S. The number of carbonyl (C=O) groups excluding carboxylic acids is 1. The summed E-state index contributed by atoms with van der Waals surface area (Å²) in [5.41, 5.74) is 7.29. The van der Waals surface area contributed by atoms with E-state index in [1.165, 1.54) is 41.3 Å². The van der Waals surface area contributed by atoms with Crippen LogP contribution in [0.15, 0.2) is 89.8 Å². The fourth-order valence-corrected chi connectivity index (χ4v) is 8.82. The highest BCUT2D eigenvalue weighted by Crippen LogP contribution is 2.39. The lowest BCUT2D eigenvalue weighted by Crippen LogP contribution is -2.60. The van der Waals surface area contributed by atoms with Gasteiger partial charge in [0.2, 0.25) is 15.9 Å². The number of fused-ring (bicyclic) bond motifs is 3. The molecule has 2 saturated carbocycles. The van der Waals surface area contributed by atoms with Gasteiger partial charge in [-0.1, -0.05) is 60.1 Å². The van der Waals surface area contributed by atoms with E-state index in [9.17, 15) is 13.2 Å². The van der Waals surface area contributed by atoms with E-state index in [-0.39, 0.29) is 42.0 Å². The molecule has 0 unspecified atom stereocenters. The van der Waals surface area contributed by atoms with Crippen LogP contribution < -0.4 is 15.2 Å². The summed E-state index contributed by atoms with van der Waals surface area (Å²) < 4.78 is 69.1. The van der Waals surface area contributed by atoms with Gasteiger partial charge < -0.3 is 15.4 Å². The minimum absolute atomic E-state index is 0.0136. The number of benzene rings is 4. The molecule has 4 atom stereocenters. The maximum Gasteiger partial charge on any atom is 0.298 e. The molecule has 3 fully saturated rings. The normalized spacial score (nSPS) is 22.2. The van der Waals surface area contributed by atoms with Gasteiger partial charge in [0.1, 0.15) is 5.75 Å². The molecule has 4 aromatic rings. The quantitative estimate of drug-likeness (QED) is 0.195. The number of hydrogen-bond acceptors (Lipinski definition) is 5. The van der Waals surface area contributed by atoms with Gasteiger partial charge in [-0.2, -0.15) is 13.5 Å². The molecule has 1 aliphatic heterocycles. The molecule has 7 nitrogen and oxygen atoms in total. The number of sulfonamides is 1. The lowest BCUT2D eigenvalue weighted by Gasteiger charge is -2.39. The van der Waals surface area contributed by atoms with Crippen LogP contribution in [-0.2, 0) is 20.7 Å². The second-order valence-corrected chi connectivity index (χ2v) is 15.5. The summed E-state index contributed by atoms with van der Waals surface area (Å²) in [7, 11) is -4.58. The van der Waals surface area contributed by atoms with E-state index >= 15 is 8.78 Å². The summed E-state index contributed by atoms with van der Waals surface area (Å²) in [6, 6.07) is 19.8. The predicted molar refractivity (Wildman–Crippen MR) is 182 cm³/mol. The van der Waals surface area contributed by atoms with Gasteiger partial charge in [0.25, 0.3) is 5.92 Å². The highest BCUT2D eigenvalue weighted by Gasteiger charge is 2.52. The number of nitrogens with one attached hydrogen (secondary N) is 1. The van der Waals surface area contributed by atoms with Crippen molar-refractivity contribution >= 4 is 38.3 Å². The molecule has 3 aliphatic rings. The van der Waals surface area contributed by atoms with E-state index in [4.69, 9.17) is 22.1 Å². The van der Waals surface area contributed by atoms with Crippen molar-refractivity contribution in [1.29, 1.82) is 0 Å². The van der Waals surface area contributed by atoms with Gasteiger partial charge in [-0.25, -0.2) is 8.42 Å². The highest BCUT2D eigenvalue weighted by molar-refractivity contribution is 7.89. The Hall–Kier alpha value is -3.57. The van der Waals surface area contributed by atoms with Crippen molar-refractivity contribution in [2.24, 2.45) is 17.6 Å². The standard InChI is InChI=1S/C37H38ClF2N3O4S/c38-30-15-9-24(10-16-30)23-7-13-29(14-8-23)37(39,40)35(36(44)43-21-27-5-6-28(22-43)34(27)41)42-48(45,46)33-18-12-25-19-32(17-11-26(25)20-33)47-31-3-1-2-4-31/h7-20,27-28,31,34-35,42H,1-6,21-22,41H2/t27-,28+,34+,35-/m1/s1. The van der Waals surface area contributed by atoms with E-state index in [0.29, 0.717) is 21.7 Å². The molecule has 3 N–H and O–H groups in total. The molecule has 1 heterocycles. The summed E-state index contributed by atoms with van der Waals surface area (Å²) >= 11 is 6.00. The molecule has 0 radical (unpaired) electrons. The number of nitrogens with two attached hydrogens (primary N) is 1. The molecule has 252 valence electrons. The van der Waals surface area contributed by atoms with Crippen molar-refractivity contribution in [3.8, 4) is 16.9 Å². The van der Waals surface area contributed by atoms with Crippen molar-refractivity contribution in [3.63, 3.8) is 0 Å². The van der Waals surface area contributed by atoms with Crippen LogP contribution in [0.5, 0.6) is 5.75 Å². The van der Waals surface area contributed by atoms with Crippen molar-refractivity contribution in [2.45, 2.75) is 67.5 Å². The van der Waals surface area contributed by atoms with Gasteiger partial charge >= 0.3 is 0 Å². The average Bonchev–Trinajstić information content (AvgIpc) is 3.65. The number of ether oxygens (including phenoxy) is 1. The van der Waals surface area contributed by atoms with E-state index in [1.807, 2.05) is 6.07 Å². The molecule has 4 aromatic carbocycles. The van der Waals surface area contributed by atoms with Crippen LogP contribution in [0, 0.1) is 11.8 Å². The lowest BCUT2D eigenvalue weighted by molar-refractivity contribution is -0.146. The number of piperidine rings is 1. The summed E-state index contributed by atoms with van der Waals surface area (Å²) in [5, 5.41) is 1.90.